The number of fused-ring (bicyclic) bond motifs is 1. The SMILES string of the molecule is COc1c(-c2nc3ccccc3[nH]2)ccc(F)c1Br. The van der Waals surface area contributed by atoms with Gasteiger partial charge in [-0.05, 0) is 40.2 Å². The van der Waals surface area contributed by atoms with Crippen molar-refractivity contribution in [2.45, 2.75) is 0 Å². The van der Waals surface area contributed by atoms with Crippen LogP contribution in [0.15, 0.2) is 40.9 Å². The molecule has 0 spiro atoms. The largest absolute Gasteiger partial charge is 0.495 e. The summed E-state index contributed by atoms with van der Waals surface area (Å²) < 4.78 is 19.1. The first-order valence-electron chi connectivity index (χ1n) is 5.68. The fraction of sp³-hybridized carbons (Fsp3) is 0.0714. The topological polar surface area (TPSA) is 37.9 Å². The Morgan fingerprint density at radius 3 is 2.74 bits per heavy atom. The number of methoxy groups -OCH3 is 1. The van der Waals surface area contributed by atoms with Crippen LogP contribution >= 0.6 is 15.9 Å². The number of benzene rings is 2. The molecule has 1 N–H and O–H groups in total. The van der Waals surface area contributed by atoms with Crippen LogP contribution in [-0.4, -0.2) is 17.1 Å². The lowest BCUT2D eigenvalue weighted by Crippen LogP contribution is -1.93. The van der Waals surface area contributed by atoms with Gasteiger partial charge in [0.05, 0.1) is 28.2 Å². The van der Waals surface area contributed by atoms with Gasteiger partial charge in [-0.3, -0.25) is 0 Å². The zero-order valence-electron chi connectivity index (χ0n) is 10.1. The predicted molar refractivity (Wildman–Crippen MR) is 75.7 cm³/mol. The number of nitrogens with zero attached hydrogens (tertiary/aromatic N) is 1. The maximum absolute atomic E-state index is 13.5. The molecule has 0 aliphatic heterocycles. The summed E-state index contributed by atoms with van der Waals surface area (Å²) in [5, 5.41) is 0. The monoisotopic (exact) mass is 320 g/mol. The second-order valence-electron chi connectivity index (χ2n) is 4.04. The van der Waals surface area contributed by atoms with E-state index in [-0.39, 0.29) is 5.82 Å². The van der Waals surface area contributed by atoms with Gasteiger partial charge >= 0.3 is 0 Å². The van der Waals surface area contributed by atoms with E-state index in [0.29, 0.717) is 21.6 Å². The van der Waals surface area contributed by atoms with Crippen LogP contribution < -0.4 is 4.74 Å². The van der Waals surface area contributed by atoms with Crippen molar-refractivity contribution in [2.24, 2.45) is 0 Å². The van der Waals surface area contributed by atoms with Gasteiger partial charge in [0.15, 0.2) is 0 Å². The molecule has 19 heavy (non-hydrogen) atoms. The third-order valence-corrected chi connectivity index (χ3v) is 3.64. The Labute approximate surface area is 117 Å². The summed E-state index contributed by atoms with van der Waals surface area (Å²) in [6.07, 6.45) is 0. The van der Waals surface area contributed by atoms with Crippen LogP contribution in [0.5, 0.6) is 5.75 Å². The first-order valence-corrected chi connectivity index (χ1v) is 6.47. The van der Waals surface area contributed by atoms with Crippen LogP contribution in [-0.2, 0) is 0 Å². The average molecular weight is 321 g/mol. The highest BCUT2D eigenvalue weighted by molar-refractivity contribution is 9.10. The number of para-hydroxylation sites is 2. The third-order valence-electron chi connectivity index (χ3n) is 2.90. The van der Waals surface area contributed by atoms with Crippen molar-refractivity contribution in [3.63, 3.8) is 0 Å². The summed E-state index contributed by atoms with van der Waals surface area (Å²) in [4.78, 5) is 7.68. The minimum Gasteiger partial charge on any atom is -0.495 e. The molecule has 1 heterocycles. The molecule has 0 unspecified atom stereocenters. The highest BCUT2D eigenvalue weighted by Gasteiger charge is 2.16. The number of imidazole rings is 1. The van der Waals surface area contributed by atoms with Crippen LogP contribution in [0.1, 0.15) is 0 Å². The smallest absolute Gasteiger partial charge is 0.146 e. The zero-order valence-corrected chi connectivity index (χ0v) is 11.7. The van der Waals surface area contributed by atoms with E-state index in [1.807, 2.05) is 24.3 Å². The Hall–Kier alpha value is -1.88. The number of nitrogens with one attached hydrogen (secondary N) is 1. The van der Waals surface area contributed by atoms with Crippen LogP contribution in [0.2, 0.25) is 0 Å². The Morgan fingerprint density at radius 2 is 2.00 bits per heavy atom. The highest BCUT2D eigenvalue weighted by Crippen LogP contribution is 2.37. The van der Waals surface area contributed by atoms with E-state index in [1.54, 1.807) is 6.07 Å². The second kappa shape index (κ2) is 4.66. The summed E-state index contributed by atoms with van der Waals surface area (Å²) in [6, 6.07) is 10.7. The van der Waals surface area contributed by atoms with E-state index in [9.17, 15) is 4.39 Å². The molecule has 0 amide bonds. The molecule has 0 atom stereocenters. The molecule has 1 aromatic heterocycles. The molecular weight excluding hydrogens is 311 g/mol. The molecule has 5 heteroatoms. The number of aromatic nitrogens is 2. The highest BCUT2D eigenvalue weighted by atomic mass is 79.9. The Kier molecular flexibility index (Phi) is 2.98. The second-order valence-corrected chi connectivity index (χ2v) is 4.84. The van der Waals surface area contributed by atoms with Gasteiger partial charge in [0, 0.05) is 0 Å². The van der Waals surface area contributed by atoms with E-state index in [4.69, 9.17) is 4.74 Å². The fourth-order valence-electron chi connectivity index (χ4n) is 2.00. The van der Waals surface area contributed by atoms with Crippen LogP contribution in [0, 0.1) is 5.82 Å². The van der Waals surface area contributed by atoms with Crippen molar-refractivity contribution in [1.29, 1.82) is 0 Å². The quantitative estimate of drug-likeness (QED) is 0.770. The predicted octanol–water partition coefficient (Wildman–Crippen LogP) is 4.14. The Morgan fingerprint density at radius 1 is 1.21 bits per heavy atom. The van der Waals surface area contributed by atoms with E-state index in [0.717, 1.165) is 11.0 Å². The summed E-state index contributed by atoms with van der Waals surface area (Å²) in [5.74, 6) is 0.717. The van der Waals surface area contributed by atoms with Gasteiger partial charge in [-0.1, -0.05) is 12.1 Å². The molecular formula is C14H10BrFN2O. The van der Waals surface area contributed by atoms with E-state index >= 15 is 0 Å². The van der Waals surface area contributed by atoms with Crippen molar-refractivity contribution >= 4 is 27.0 Å². The molecule has 3 nitrogen and oxygen atoms in total. The van der Waals surface area contributed by atoms with Crippen molar-refractivity contribution in [2.75, 3.05) is 7.11 Å². The Bertz CT molecular complexity index is 721. The van der Waals surface area contributed by atoms with Crippen LogP contribution in [0.25, 0.3) is 22.4 Å². The molecule has 0 saturated carbocycles. The van der Waals surface area contributed by atoms with Gasteiger partial charge in [0.25, 0.3) is 0 Å². The van der Waals surface area contributed by atoms with Crippen molar-refractivity contribution < 1.29 is 9.13 Å². The minimum atomic E-state index is -0.364. The molecule has 0 saturated heterocycles. The summed E-state index contributed by atoms with van der Waals surface area (Å²) >= 11 is 3.19. The molecule has 0 radical (unpaired) electrons. The molecule has 0 aliphatic carbocycles. The zero-order chi connectivity index (χ0) is 13.4. The van der Waals surface area contributed by atoms with E-state index in [1.165, 1.54) is 13.2 Å². The summed E-state index contributed by atoms with van der Waals surface area (Å²) in [5.41, 5.74) is 2.51. The third kappa shape index (κ3) is 2.00. The van der Waals surface area contributed by atoms with E-state index in [2.05, 4.69) is 25.9 Å². The molecule has 96 valence electrons. The molecule has 0 aliphatic rings. The number of hydrogen-bond acceptors (Lipinski definition) is 2. The summed E-state index contributed by atoms with van der Waals surface area (Å²) in [6.45, 7) is 0. The lowest BCUT2D eigenvalue weighted by atomic mass is 10.2. The van der Waals surface area contributed by atoms with Gasteiger partial charge in [-0.25, -0.2) is 9.37 Å². The lowest BCUT2D eigenvalue weighted by molar-refractivity contribution is 0.409. The normalized spacial score (nSPS) is 10.9. The fourth-order valence-corrected chi connectivity index (χ4v) is 2.51. The van der Waals surface area contributed by atoms with Crippen molar-refractivity contribution in [3.05, 3.63) is 46.7 Å². The number of aromatic amines is 1. The van der Waals surface area contributed by atoms with Gasteiger partial charge in [-0.15, -0.1) is 0 Å². The number of rotatable bonds is 2. The number of ether oxygens (including phenoxy) is 1. The van der Waals surface area contributed by atoms with Crippen molar-refractivity contribution in [3.8, 4) is 17.1 Å². The maximum Gasteiger partial charge on any atom is 0.146 e. The van der Waals surface area contributed by atoms with Crippen molar-refractivity contribution in [1.82, 2.24) is 9.97 Å². The number of hydrogen-bond donors (Lipinski definition) is 1. The van der Waals surface area contributed by atoms with Gasteiger partial charge in [-0.2, -0.15) is 0 Å². The first kappa shape index (κ1) is 12.2. The molecule has 2 aromatic carbocycles. The molecule has 3 rings (SSSR count). The molecule has 0 fully saturated rings. The summed E-state index contributed by atoms with van der Waals surface area (Å²) in [7, 11) is 1.51. The van der Waals surface area contributed by atoms with Crippen LogP contribution in [0.3, 0.4) is 0 Å². The molecule has 0 bridgehead atoms. The average Bonchev–Trinajstić information content (AvgIpc) is 2.85. The first-order chi connectivity index (χ1) is 9.20. The van der Waals surface area contributed by atoms with Gasteiger partial charge in [0.2, 0.25) is 0 Å². The van der Waals surface area contributed by atoms with Crippen LogP contribution in [0.4, 0.5) is 4.39 Å². The number of halogens is 2. The van der Waals surface area contributed by atoms with Gasteiger partial charge < -0.3 is 9.72 Å². The maximum atomic E-state index is 13.5. The van der Waals surface area contributed by atoms with Gasteiger partial charge in [0.1, 0.15) is 17.4 Å². The Balaban J connectivity index is 2.23. The molecule has 3 aromatic rings. The number of H-pyrrole nitrogens is 1. The minimum absolute atomic E-state index is 0.299. The standard InChI is InChI=1S/C14H10BrFN2O/c1-19-13-8(6-7-9(16)12(13)15)14-17-10-4-2-3-5-11(10)18-14/h2-7H,1H3,(H,17,18). The van der Waals surface area contributed by atoms with E-state index < -0.39 is 0 Å². The lowest BCUT2D eigenvalue weighted by Gasteiger charge is -2.08.